The van der Waals surface area contributed by atoms with E-state index in [2.05, 4.69) is 32.6 Å². The van der Waals surface area contributed by atoms with Crippen molar-refractivity contribution in [3.8, 4) is 0 Å². The van der Waals surface area contributed by atoms with Crippen LogP contribution in [-0.4, -0.2) is 30.9 Å². The zero-order valence-corrected chi connectivity index (χ0v) is 16.7. The highest BCUT2D eigenvalue weighted by Crippen LogP contribution is 2.25. The van der Waals surface area contributed by atoms with Gasteiger partial charge < -0.3 is 9.88 Å². The number of benzene rings is 1. The first kappa shape index (κ1) is 19.4. The summed E-state index contributed by atoms with van der Waals surface area (Å²) in [7, 11) is 0. The minimum atomic E-state index is -0.361. The summed E-state index contributed by atoms with van der Waals surface area (Å²) in [5, 5.41) is 12.0. The van der Waals surface area contributed by atoms with E-state index in [4.69, 9.17) is 11.6 Å². The van der Waals surface area contributed by atoms with E-state index in [0.717, 1.165) is 17.5 Å². The quantitative estimate of drug-likeness (QED) is 0.477. The Morgan fingerprint density at radius 2 is 2.00 bits per heavy atom. The van der Waals surface area contributed by atoms with Crippen LogP contribution in [0.1, 0.15) is 25.2 Å². The second-order valence-corrected chi connectivity index (χ2v) is 7.56. The average Bonchev–Trinajstić information content (AvgIpc) is 3.05. The molecule has 0 spiro atoms. The topological polar surface area (TPSA) is 72.7 Å². The van der Waals surface area contributed by atoms with Crippen LogP contribution < -0.4 is 5.32 Å². The number of halogens is 1. The van der Waals surface area contributed by atoms with Gasteiger partial charge in [0.15, 0.2) is 10.3 Å². The molecule has 0 saturated carbocycles. The van der Waals surface area contributed by atoms with Crippen molar-refractivity contribution in [1.29, 1.82) is 0 Å². The lowest BCUT2D eigenvalue weighted by Gasteiger charge is -2.13. The highest BCUT2D eigenvalue weighted by molar-refractivity contribution is 8.00. The Morgan fingerprint density at radius 1 is 1.22 bits per heavy atom. The Hall–Kier alpha value is -2.38. The highest BCUT2D eigenvalue weighted by atomic mass is 35.5. The number of nitrogens with zero attached hydrogens (tertiary/aromatic N) is 4. The van der Waals surface area contributed by atoms with Gasteiger partial charge in [-0.05, 0) is 31.5 Å². The molecule has 0 bridgehead atoms. The zero-order chi connectivity index (χ0) is 19.2. The van der Waals surface area contributed by atoms with Crippen LogP contribution in [0.5, 0.6) is 0 Å². The lowest BCUT2D eigenvalue weighted by atomic mass is 10.1. The van der Waals surface area contributed by atoms with E-state index in [1.807, 2.05) is 36.6 Å². The molecule has 0 saturated heterocycles. The third kappa shape index (κ3) is 4.87. The Kier molecular flexibility index (Phi) is 6.47. The monoisotopic (exact) mass is 401 g/mol. The maximum absolute atomic E-state index is 12.5. The van der Waals surface area contributed by atoms with Gasteiger partial charge in [0.25, 0.3) is 0 Å². The van der Waals surface area contributed by atoms with Crippen LogP contribution in [-0.2, 0) is 17.8 Å². The minimum absolute atomic E-state index is 0.162. The van der Waals surface area contributed by atoms with Crippen LogP contribution in [0.4, 0.5) is 5.69 Å². The number of amides is 1. The summed E-state index contributed by atoms with van der Waals surface area (Å²) in [4.78, 5) is 16.5. The first-order valence-electron chi connectivity index (χ1n) is 8.62. The van der Waals surface area contributed by atoms with Crippen molar-refractivity contribution in [3.63, 3.8) is 0 Å². The van der Waals surface area contributed by atoms with Crippen molar-refractivity contribution in [2.75, 3.05) is 5.32 Å². The van der Waals surface area contributed by atoms with E-state index in [1.165, 1.54) is 17.3 Å². The van der Waals surface area contributed by atoms with Crippen molar-refractivity contribution >= 4 is 35.0 Å². The molecule has 0 fully saturated rings. The van der Waals surface area contributed by atoms with Gasteiger partial charge >= 0.3 is 0 Å². The molecule has 1 aromatic carbocycles. The fourth-order valence-electron chi connectivity index (χ4n) is 2.56. The molecule has 8 heteroatoms. The number of aromatic nitrogens is 4. The lowest BCUT2D eigenvalue weighted by molar-refractivity contribution is -0.115. The Labute approximate surface area is 167 Å². The number of thioether (sulfide) groups is 1. The van der Waals surface area contributed by atoms with E-state index in [1.54, 1.807) is 18.3 Å². The number of hydrogen-bond acceptors (Lipinski definition) is 5. The van der Waals surface area contributed by atoms with Crippen LogP contribution >= 0.6 is 23.4 Å². The number of pyridine rings is 1. The molecular weight excluding hydrogens is 382 g/mol. The maximum atomic E-state index is 12.5. The molecule has 0 aliphatic carbocycles. The molecule has 1 N–H and O–H groups in total. The number of hydrogen-bond donors (Lipinski definition) is 1. The Balaban J connectivity index is 1.69. The molecule has 27 heavy (non-hydrogen) atoms. The van der Waals surface area contributed by atoms with Gasteiger partial charge in [0.1, 0.15) is 5.82 Å². The summed E-state index contributed by atoms with van der Waals surface area (Å²) in [5.41, 5.74) is 1.67. The number of carbonyl (C=O) groups excluding carboxylic acids is 1. The molecule has 3 rings (SSSR count). The van der Waals surface area contributed by atoms with Crippen molar-refractivity contribution in [1.82, 2.24) is 19.7 Å². The summed E-state index contributed by atoms with van der Waals surface area (Å²) >= 11 is 7.38. The van der Waals surface area contributed by atoms with E-state index in [0.29, 0.717) is 12.1 Å². The van der Waals surface area contributed by atoms with Gasteiger partial charge in [-0.25, -0.2) is 4.98 Å². The van der Waals surface area contributed by atoms with Gasteiger partial charge in [-0.1, -0.05) is 53.7 Å². The van der Waals surface area contributed by atoms with Crippen LogP contribution in [0.15, 0.2) is 53.8 Å². The largest absolute Gasteiger partial charge is 0.322 e. The predicted octanol–water partition coefficient (Wildman–Crippen LogP) is 4.06. The van der Waals surface area contributed by atoms with E-state index in [-0.39, 0.29) is 16.3 Å². The second-order valence-electron chi connectivity index (χ2n) is 5.90. The van der Waals surface area contributed by atoms with Gasteiger partial charge in [0.2, 0.25) is 5.91 Å². The van der Waals surface area contributed by atoms with Gasteiger partial charge in [0.05, 0.1) is 10.9 Å². The van der Waals surface area contributed by atoms with Crippen LogP contribution in [0.25, 0.3) is 0 Å². The number of carbonyl (C=O) groups is 1. The van der Waals surface area contributed by atoms with E-state index < -0.39 is 0 Å². The van der Waals surface area contributed by atoms with Gasteiger partial charge in [-0.15, -0.1) is 10.2 Å². The third-order valence-electron chi connectivity index (χ3n) is 3.98. The average molecular weight is 402 g/mol. The first-order valence-corrected chi connectivity index (χ1v) is 9.88. The fourth-order valence-corrected chi connectivity index (χ4v) is 3.66. The molecular formula is C19H20ClN5OS. The maximum Gasteiger partial charge on any atom is 0.237 e. The Bertz CT molecular complexity index is 915. The molecule has 2 heterocycles. The molecule has 1 amide bonds. The molecule has 0 aliphatic heterocycles. The van der Waals surface area contributed by atoms with E-state index >= 15 is 0 Å². The SMILES string of the molecule is CCn1c(Cc2ccccc2)nnc1SC(C)C(=O)Nc1cccnc1Cl. The molecule has 0 radical (unpaired) electrons. The fraction of sp³-hybridized carbons (Fsp3) is 0.263. The molecule has 1 atom stereocenters. The molecule has 2 aromatic heterocycles. The third-order valence-corrected chi connectivity index (χ3v) is 5.36. The lowest BCUT2D eigenvalue weighted by Crippen LogP contribution is -2.23. The molecule has 140 valence electrons. The van der Waals surface area contributed by atoms with E-state index in [9.17, 15) is 4.79 Å². The van der Waals surface area contributed by atoms with Gasteiger partial charge in [0, 0.05) is 19.2 Å². The summed E-state index contributed by atoms with van der Waals surface area (Å²) in [6.45, 7) is 4.61. The smallest absolute Gasteiger partial charge is 0.237 e. The summed E-state index contributed by atoms with van der Waals surface area (Å²) in [6, 6.07) is 13.6. The summed E-state index contributed by atoms with van der Waals surface area (Å²) in [5.74, 6) is 0.722. The van der Waals surface area contributed by atoms with Crippen molar-refractivity contribution in [2.45, 2.75) is 37.2 Å². The van der Waals surface area contributed by atoms with Crippen molar-refractivity contribution in [2.24, 2.45) is 0 Å². The van der Waals surface area contributed by atoms with Crippen LogP contribution in [0.3, 0.4) is 0 Å². The standard InChI is InChI=1S/C19H20ClN5OS/c1-3-25-16(12-14-8-5-4-6-9-14)23-24-19(25)27-13(2)18(26)22-15-10-7-11-21-17(15)20/h4-11,13H,3,12H2,1-2H3,(H,22,26). The summed E-state index contributed by atoms with van der Waals surface area (Å²) < 4.78 is 2.04. The number of nitrogens with one attached hydrogen (secondary N) is 1. The zero-order valence-electron chi connectivity index (χ0n) is 15.1. The van der Waals surface area contributed by atoms with Crippen molar-refractivity contribution < 1.29 is 4.79 Å². The molecule has 3 aromatic rings. The van der Waals surface area contributed by atoms with Crippen molar-refractivity contribution in [3.05, 3.63) is 65.2 Å². The highest BCUT2D eigenvalue weighted by Gasteiger charge is 2.20. The van der Waals surface area contributed by atoms with Crippen LogP contribution in [0.2, 0.25) is 5.15 Å². The first-order chi connectivity index (χ1) is 13.1. The second kappa shape index (κ2) is 9.01. The van der Waals surface area contributed by atoms with Crippen LogP contribution in [0, 0.1) is 0 Å². The number of rotatable bonds is 7. The van der Waals surface area contributed by atoms with Gasteiger partial charge in [-0.2, -0.15) is 0 Å². The predicted molar refractivity (Wildman–Crippen MR) is 108 cm³/mol. The summed E-state index contributed by atoms with van der Waals surface area (Å²) in [6.07, 6.45) is 2.28. The normalized spacial score (nSPS) is 12.0. The molecule has 1 unspecified atom stereocenters. The minimum Gasteiger partial charge on any atom is -0.322 e. The molecule has 6 nitrogen and oxygen atoms in total. The van der Waals surface area contributed by atoms with Gasteiger partial charge in [-0.3, -0.25) is 4.79 Å². The molecule has 0 aliphatic rings. The number of anilines is 1. The Morgan fingerprint density at radius 3 is 2.70 bits per heavy atom.